The number of hydrogen-bond donors (Lipinski definition) is 2. The molecule has 1 aromatic heterocycles. The summed E-state index contributed by atoms with van der Waals surface area (Å²) >= 11 is 1.23. The predicted octanol–water partition coefficient (Wildman–Crippen LogP) is 4.28. The third-order valence-corrected chi connectivity index (χ3v) is 4.12. The molecular formula is C17H18N4OS. The maximum Gasteiger partial charge on any atom is 0.329 e. The van der Waals surface area contributed by atoms with Gasteiger partial charge in [-0.3, -0.25) is 4.72 Å². The number of carbonyl (C=O) groups is 1. The zero-order valence-electron chi connectivity index (χ0n) is 12.8. The third kappa shape index (κ3) is 3.65. The number of anilines is 1. The molecule has 0 atom stereocenters. The molecule has 0 aliphatic rings. The Kier molecular flexibility index (Phi) is 4.83. The van der Waals surface area contributed by atoms with Crippen LogP contribution in [0.5, 0.6) is 0 Å². The van der Waals surface area contributed by atoms with Gasteiger partial charge >= 0.3 is 6.03 Å². The lowest BCUT2D eigenvalue weighted by molar-refractivity contribution is 0.257. The Balaban J connectivity index is 1.71. The van der Waals surface area contributed by atoms with E-state index in [9.17, 15) is 4.79 Å². The van der Waals surface area contributed by atoms with Crippen molar-refractivity contribution in [1.29, 1.82) is 0 Å². The normalized spacial score (nSPS) is 10.7. The number of hydrogen-bond acceptors (Lipinski definition) is 3. The number of benzene rings is 2. The van der Waals surface area contributed by atoms with E-state index in [1.165, 1.54) is 11.9 Å². The van der Waals surface area contributed by atoms with Crippen molar-refractivity contribution in [1.82, 2.24) is 14.3 Å². The summed E-state index contributed by atoms with van der Waals surface area (Å²) in [7, 11) is 0. The van der Waals surface area contributed by atoms with Crippen LogP contribution in [0.25, 0.3) is 11.0 Å². The van der Waals surface area contributed by atoms with Gasteiger partial charge in [0.15, 0.2) is 5.16 Å². The van der Waals surface area contributed by atoms with Gasteiger partial charge in [0, 0.05) is 24.2 Å². The largest absolute Gasteiger partial charge is 0.329 e. The van der Waals surface area contributed by atoms with Crippen LogP contribution in [-0.2, 0) is 6.54 Å². The third-order valence-electron chi connectivity index (χ3n) is 3.33. The van der Waals surface area contributed by atoms with E-state index in [-0.39, 0.29) is 6.03 Å². The molecule has 3 aromatic rings. The van der Waals surface area contributed by atoms with Crippen LogP contribution in [0.4, 0.5) is 10.5 Å². The number of nitrogens with zero attached hydrogens (tertiary/aromatic N) is 2. The van der Waals surface area contributed by atoms with Crippen LogP contribution in [0.1, 0.15) is 13.3 Å². The zero-order chi connectivity index (χ0) is 16.1. The Morgan fingerprint density at radius 1 is 1.13 bits per heavy atom. The van der Waals surface area contributed by atoms with Crippen LogP contribution in [0, 0.1) is 0 Å². The number of fused-ring (bicyclic) bond motifs is 1. The Morgan fingerprint density at radius 3 is 2.65 bits per heavy atom. The molecule has 6 heteroatoms. The maximum atomic E-state index is 12.0. The summed E-state index contributed by atoms with van der Waals surface area (Å²) in [6, 6.07) is 17.1. The van der Waals surface area contributed by atoms with E-state index in [1.54, 1.807) is 0 Å². The van der Waals surface area contributed by atoms with Gasteiger partial charge in [0.1, 0.15) is 0 Å². The first-order valence-corrected chi connectivity index (χ1v) is 8.33. The van der Waals surface area contributed by atoms with E-state index in [4.69, 9.17) is 0 Å². The van der Waals surface area contributed by atoms with Gasteiger partial charge in [-0.2, -0.15) is 0 Å². The monoisotopic (exact) mass is 326 g/mol. The second kappa shape index (κ2) is 7.19. The standard InChI is InChI=1S/C17H18N4OS/c1-2-12-21-15-11-7-6-10-14(15)19-17(21)23-20-16(22)18-13-8-4-3-5-9-13/h3-11H,2,12H2,1H3,(H2,18,20,22). The maximum absolute atomic E-state index is 12.0. The first-order chi connectivity index (χ1) is 11.3. The lowest BCUT2D eigenvalue weighted by atomic mass is 10.3. The summed E-state index contributed by atoms with van der Waals surface area (Å²) in [5.74, 6) is 0. The summed E-state index contributed by atoms with van der Waals surface area (Å²) in [6.45, 7) is 2.99. The number of aromatic nitrogens is 2. The molecule has 0 unspecified atom stereocenters. The van der Waals surface area contributed by atoms with Gasteiger partial charge in [-0.25, -0.2) is 9.78 Å². The number of aryl methyl sites for hydroxylation is 1. The molecular weight excluding hydrogens is 308 g/mol. The molecule has 3 rings (SSSR count). The number of urea groups is 1. The van der Waals surface area contributed by atoms with Crippen molar-refractivity contribution in [2.75, 3.05) is 5.32 Å². The van der Waals surface area contributed by atoms with E-state index in [1.807, 2.05) is 54.6 Å². The summed E-state index contributed by atoms with van der Waals surface area (Å²) in [5, 5.41) is 3.58. The molecule has 1 heterocycles. The van der Waals surface area contributed by atoms with Crippen molar-refractivity contribution < 1.29 is 4.79 Å². The van der Waals surface area contributed by atoms with Gasteiger partial charge < -0.3 is 9.88 Å². The average Bonchev–Trinajstić information content (AvgIpc) is 2.92. The SMILES string of the molecule is CCCn1c(SNC(=O)Nc2ccccc2)nc2ccccc21. The van der Waals surface area contributed by atoms with Gasteiger partial charge in [0.2, 0.25) is 0 Å². The molecule has 0 fully saturated rings. The Hall–Kier alpha value is -2.47. The van der Waals surface area contributed by atoms with E-state index in [0.717, 1.165) is 34.8 Å². The number of amides is 2. The number of para-hydroxylation sites is 3. The first kappa shape index (κ1) is 15.4. The smallest absolute Gasteiger partial charge is 0.318 e. The van der Waals surface area contributed by atoms with Crippen LogP contribution in [-0.4, -0.2) is 15.6 Å². The van der Waals surface area contributed by atoms with Gasteiger partial charge in [-0.05, 0) is 30.7 Å². The van der Waals surface area contributed by atoms with E-state index in [0.29, 0.717) is 0 Å². The van der Waals surface area contributed by atoms with Gasteiger partial charge in [0.05, 0.1) is 11.0 Å². The van der Waals surface area contributed by atoms with E-state index in [2.05, 4.69) is 26.5 Å². The highest BCUT2D eigenvalue weighted by Gasteiger charge is 2.12. The molecule has 2 aromatic carbocycles. The van der Waals surface area contributed by atoms with Crippen molar-refractivity contribution in [2.45, 2.75) is 25.0 Å². The van der Waals surface area contributed by atoms with Crippen molar-refractivity contribution in [3.05, 3.63) is 54.6 Å². The van der Waals surface area contributed by atoms with Gasteiger partial charge in [-0.15, -0.1) is 0 Å². The topological polar surface area (TPSA) is 59.0 Å². The number of nitrogens with one attached hydrogen (secondary N) is 2. The van der Waals surface area contributed by atoms with Crippen molar-refractivity contribution in [2.24, 2.45) is 0 Å². The first-order valence-electron chi connectivity index (χ1n) is 7.52. The molecule has 2 amide bonds. The summed E-state index contributed by atoms with van der Waals surface area (Å²) < 4.78 is 4.92. The molecule has 0 saturated carbocycles. The number of rotatable bonds is 5. The van der Waals surface area contributed by atoms with Gasteiger partial charge in [0.25, 0.3) is 0 Å². The van der Waals surface area contributed by atoms with E-state index >= 15 is 0 Å². The fraction of sp³-hybridized carbons (Fsp3) is 0.176. The molecule has 0 saturated heterocycles. The second-order valence-corrected chi connectivity index (χ2v) is 5.83. The Bertz CT molecular complexity index is 801. The minimum absolute atomic E-state index is 0.267. The molecule has 118 valence electrons. The average molecular weight is 326 g/mol. The second-order valence-electron chi connectivity index (χ2n) is 5.06. The quantitative estimate of drug-likeness (QED) is 0.688. The fourth-order valence-electron chi connectivity index (χ4n) is 2.34. The number of imidazole rings is 1. The molecule has 5 nitrogen and oxygen atoms in total. The van der Waals surface area contributed by atoms with Crippen LogP contribution in [0.15, 0.2) is 59.8 Å². The number of carbonyl (C=O) groups excluding carboxylic acids is 1. The molecule has 0 aliphatic carbocycles. The van der Waals surface area contributed by atoms with Crippen LogP contribution in [0.3, 0.4) is 0 Å². The van der Waals surface area contributed by atoms with Crippen molar-refractivity contribution >= 4 is 34.7 Å². The highest BCUT2D eigenvalue weighted by atomic mass is 32.2. The molecule has 0 bridgehead atoms. The predicted molar refractivity (Wildman–Crippen MR) is 94.5 cm³/mol. The zero-order valence-corrected chi connectivity index (χ0v) is 13.6. The molecule has 0 aliphatic heterocycles. The minimum atomic E-state index is -0.267. The van der Waals surface area contributed by atoms with Crippen molar-refractivity contribution in [3.8, 4) is 0 Å². The molecule has 23 heavy (non-hydrogen) atoms. The summed E-state index contributed by atoms with van der Waals surface area (Å²) in [6.07, 6.45) is 1.00. The van der Waals surface area contributed by atoms with Crippen molar-refractivity contribution in [3.63, 3.8) is 0 Å². The van der Waals surface area contributed by atoms with Crippen LogP contribution >= 0.6 is 11.9 Å². The summed E-state index contributed by atoms with van der Waals surface area (Å²) in [4.78, 5) is 16.6. The highest BCUT2D eigenvalue weighted by Crippen LogP contribution is 2.22. The van der Waals surface area contributed by atoms with Gasteiger partial charge in [-0.1, -0.05) is 37.3 Å². The van der Waals surface area contributed by atoms with E-state index < -0.39 is 0 Å². The molecule has 0 spiro atoms. The molecule has 2 N–H and O–H groups in total. The summed E-state index contributed by atoms with van der Waals surface area (Å²) in [5.41, 5.74) is 2.78. The van der Waals surface area contributed by atoms with Crippen LogP contribution in [0.2, 0.25) is 0 Å². The lowest BCUT2D eigenvalue weighted by Crippen LogP contribution is -2.23. The molecule has 0 radical (unpaired) electrons. The lowest BCUT2D eigenvalue weighted by Gasteiger charge is -2.08. The van der Waals surface area contributed by atoms with Crippen LogP contribution < -0.4 is 10.0 Å². The highest BCUT2D eigenvalue weighted by molar-refractivity contribution is 7.97. The minimum Gasteiger partial charge on any atom is -0.318 e. The Labute approximate surface area is 139 Å². The fourth-order valence-corrected chi connectivity index (χ4v) is 3.02. The Morgan fingerprint density at radius 2 is 1.87 bits per heavy atom.